The van der Waals surface area contributed by atoms with Crippen LogP contribution in [-0.4, -0.2) is 47.6 Å². The second-order valence-corrected chi connectivity index (χ2v) is 8.55. The van der Waals surface area contributed by atoms with Crippen molar-refractivity contribution in [3.8, 4) is 5.75 Å². The minimum atomic E-state index is -0.816. The Bertz CT molecular complexity index is 797. The molecule has 2 aromatic rings. The van der Waals surface area contributed by atoms with Gasteiger partial charge in [0.25, 0.3) is 0 Å². The second-order valence-electron chi connectivity index (χ2n) is 8.55. The minimum absolute atomic E-state index is 0.650. The summed E-state index contributed by atoms with van der Waals surface area (Å²) in [6.45, 7) is 6.41. The van der Waals surface area contributed by atoms with Crippen LogP contribution in [0, 0.1) is 0 Å². The number of hydrogen-bond donors (Lipinski definition) is 1. The lowest BCUT2D eigenvalue weighted by molar-refractivity contribution is -0.143. The van der Waals surface area contributed by atoms with Gasteiger partial charge in [-0.3, -0.25) is 9.69 Å². The van der Waals surface area contributed by atoms with E-state index < -0.39 is 12.0 Å². The Morgan fingerprint density at radius 1 is 1.00 bits per heavy atom. The Morgan fingerprint density at radius 2 is 1.65 bits per heavy atom. The summed E-state index contributed by atoms with van der Waals surface area (Å²) >= 11 is 0. The monoisotopic (exact) mass is 424 g/mol. The molecule has 0 spiro atoms. The smallest absolute Gasteiger partial charge is 0.325 e. The Kier molecular flexibility index (Phi) is 8.92. The Labute approximate surface area is 186 Å². The van der Waals surface area contributed by atoms with E-state index in [1.807, 2.05) is 41.3 Å². The highest BCUT2D eigenvalue weighted by molar-refractivity contribution is 5.75. The molecule has 1 aliphatic heterocycles. The van der Waals surface area contributed by atoms with Gasteiger partial charge < -0.3 is 14.7 Å². The van der Waals surface area contributed by atoms with Gasteiger partial charge >= 0.3 is 5.97 Å². The van der Waals surface area contributed by atoms with Crippen LogP contribution in [0.3, 0.4) is 0 Å². The number of carboxylic acid groups (broad SMARTS) is 1. The summed E-state index contributed by atoms with van der Waals surface area (Å²) in [4.78, 5) is 16.4. The molecular weight excluding hydrogens is 388 g/mol. The number of nitrogens with zero attached hydrogens (tertiary/aromatic N) is 2. The Hall–Kier alpha value is -2.37. The van der Waals surface area contributed by atoms with Gasteiger partial charge in [-0.15, -0.1) is 0 Å². The van der Waals surface area contributed by atoms with Crippen LogP contribution in [0.5, 0.6) is 5.75 Å². The molecule has 0 aliphatic carbocycles. The number of carboxylic acids is 1. The van der Waals surface area contributed by atoms with Crippen molar-refractivity contribution in [1.82, 2.24) is 9.80 Å². The number of carbonyl (C=O) groups is 1. The number of hydrogen-bond acceptors (Lipinski definition) is 4. The van der Waals surface area contributed by atoms with Crippen LogP contribution >= 0.6 is 0 Å². The molecule has 0 saturated carbocycles. The topological polar surface area (TPSA) is 53.0 Å². The number of unbranched alkanes of at least 4 members (excludes halogenated alkanes) is 3. The number of benzene rings is 2. The molecule has 1 aliphatic rings. The molecule has 0 saturated heterocycles. The van der Waals surface area contributed by atoms with E-state index in [9.17, 15) is 9.90 Å². The molecule has 3 rings (SSSR count). The third kappa shape index (κ3) is 6.81. The summed E-state index contributed by atoms with van der Waals surface area (Å²) in [5.41, 5.74) is 3.22. The zero-order valence-electron chi connectivity index (χ0n) is 18.9. The third-order valence-corrected chi connectivity index (χ3v) is 6.01. The number of rotatable bonds is 13. The maximum atomic E-state index is 12.0. The maximum absolute atomic E-state index is 12.0. The van der Waals surface area contributed by atoms with Crippen LogP contribution < -0.4 is 4.74 Å². The van der Waals surface area contributed by atoms with E-state index in [4.69, 9.17) is 4.74 Å². The average molecular weight is 425 g/mol. The Morgan fingerprint density at radius 3 is 2.26 bits per heavy atom. The molecule has 2 aromatic carbocycles. The van der Waals surface area contributed by atoms with Gasteiger partial charge in [0.1, 0.15) is 11.8 Å². The highest BCUT2D eigenvalue weighted by Gasteiger charge is 2.31. The normalized spacial score (nSPS) is 14.5. The van der Waals surface area contributed by atoms with Gasteiger partial charge in [0.15, 0.2) is 0 Å². The summed E-state index contributed by atoms with van der Waals surface area (Å²) in [7, 11) is 2.17. The first-order chi connectivity index (χ1) is 15.1. The number of aliphatic carboxylic acids is 1. The van der Waals surface area contributed by atoms with Crippen LogP contribution in [0.1, 0.15) is 61.8 Å². The van der Waals surface area contributed by atoms with Crippen molar-refractivity contribution in [2.24, 2.45) is 0 Å². The summed E-state index contributed by atoms with van der Waals surface area (Å²) in [5, 5.41) is 9.87. The van der Waals surface area contributed by atoms with Gasteiger partial charge in [-0.2, -0.15) is 0 Å². The predicted octanol–water partition coefficient (Wildman–Crippen LogP) is 5.11. The summed E-state index contributed by atoms with van der Waals surface area (Å²) < 4.78 is 5.88. The molecule has 1 atom stereocenters. The van der Waals surface area contributed by atoms with Gasteiger partial charge in [0.05, 0.1) is 6.61 Å². The van der Waals surface area contributed by atoms with E-state index in [-0.39, 0.29) is 0 Å². The standard InChI is InChI=1S/C26H36N2O3/c1-3-4-5-8-16-27(2)17-9-18-31-24-14-12-21(13-15-24)25(26(29)30)28-19-22-10-6-7-11-23(22)20-28/h6-7,10-15,25H,3-5,8-9,16-20H2,1-2H3,(H,29,30)/t25-/m0/s1. The predicted molar refractivity (Wildman–Crippen MR) is 124 cm³/mol. The molecule has 0 bridgehead atoms. The van der Waals surface area contributed by atoms with E-state index in [1.165, 1.54) is 36.8 Å². The van der Waals surface area contributed by atoms with Gasteiger partial charge in [-0.05, 0) is 55.3 Å². The molecule has 0 amide bonds. The molecule has 0 unspecified atom stereocenters. The molecule has 31 heavy (non-hydrogen) atoms. The van der Waals surface area contributed by atoms with Crippen molar-refractivity contribution in [1.29, 1.82) is 0 Å². The highest BCUT2D eigenvalue weighted by Crippen LogP contribution is 2.32. The zero-order chi connectivity index (χ0) is 22.1. The van der Waals surface area contributed by atoms with Crippen molar-refractivity contribution in [2.75, 3.05) is 26.7 Å². The molecule has 168 valence electrons. The first-order valence-electron chi connectivity index (χ1n) is 11.5. The summed E-state index contributed by atoms with van der Waals surface area (Å²) in [6, 6.07) is 15.1. The molecule has 5 nitrogen and oxygen atoms in total. The first kappa shape index (κ1) is 23.3. The van der Waals surface area contributed by atoms with Crippen LogP contribution in [0.25, 0.3) is 0 Å². The van der Waals surface area contributed by atoms with Crippen LogP contribution in [0.15, 0.2) is 48.5 Å². The summed E-state index contributed by atoms with van der Waals surface area (Å²) in [6.07, 6.45) is 6.15. The second kappa shape index (κ2) is 11.9. The van der Waals surface area contributed by atoms with E-state index in [0.717, 1.165) is 30.8 Å². The molecule has 1 heterocycles. The average Bonchev–Trinajstić information content (AvgIpc) is 3.18. The summed E-state index contributed by atoms with van der Waals surface area (Å²) in [5.74, 6) is -0.0216. The fourth-order valence-corrected chi connectivity index (χ4v) is 4.24. The van der Waals surface area contributed by atoms with Crippen molar-refractivity contribution < 1.29 is 14.6 Å². The molecule has 5 heteroatoms. The molecular formula is C26H36N2O3. The quantitative estimate of drug-likeness (QED) is 0.453. The lowest BCUT2D eigenvalue weighted by Crippen LogP contribution is -2.29. The lowest BCUT2D eigenvalue weighted by atomic mass is 10.1. The van der Waals surface area contributed by atoms with E-state index in [2.05, 4.69) is 31.0 Å². The number of ether oxygens (including phenoxy) is 1. The molecule has 0 radical (unpaired) electrons. The highest BCUT2D eigenvalue weighted by atomic mass is 16.5. The zero-order valence-corrected chi connectivity index (χ0v) is 18.9. The van der Waals surface area contributed by atoms with Crippen molar-refractivity contribution >= 4 is 5.97 Å². The Balaban J connectivity index is 1.46. The van der Waals surface area contributed by atoms with Gasteiger partial charge in [0.2, 0.25) is 0 Å². The minimum Gasteiger partial charge on any atom is -0.494 e. The first-order valence-corrected chi connectivity index (χ1v) is 11.5. The fraction of sp³-hybridized carbons (Fsp3) is 0.500. The van der Waals surface area contributed by atoms with Gasteiger partial charge in [0, 0.05) is 19.6 Å². The van der Waals surface area contributed by atoms with Crippen molar-refractivity contribution in [2.45, 2.75) is 58.2 Å². The van der Waals surface area contributed by atoms with Crippen LogP contribution in [0.2, 0.25) is 0 Å². The van der Waals surface area contributed by atoms with E-state index >= 15 is 0 Å². The van der Waals surface area contributed by atoms with Crippen LogP contribution in [0.4, 0.5) is 0 Å². The molecule has 0 aromatic heterocycles. The van der Waals surface area contributed by atoms with Crippen molar-refractivity contribution in [3.63, 3.8) is 0 Å². The van der Waals surface area contributed by atoms with E-state index in [0.29, 0.717) is 19.7 Å². The third-order valence-electron chi connectivity index (χ3n) is 6.01. The SMILES string of the molecule is CCCCCCN(C)CCCOc1ccc([C@@H](C(=O)O)N2Cc3ccccc3C2)cc1. The van der Waals surface area contributed by atoms with Gasteiger partial charge in [-0.1, -0.05) is 62.6 Å². The fourth-order valence-electron chi connectivity index (χ4n) is 4.24. The molecule has 1 N–H and O–H groups in total. The number of fused-ring (bicyclic) bond motifs is 1. The van der Waals surface area contributed by atoms with E-state index in [1.54, 1.807) is 0 Å². The van der Waals surface area contributed by atoms with Crippen LogP contribution in [-0.2, 0) is 17.9 Å². The molecule has 0 fully saturated rings. The maximum Gasteiger partial charge on any atom is 0.325 e. The van der Waals surface area contributed by atoms with Crippen molar-refractivity contribution in [3.05, 3.63) is 65.2 Å². The largest absolute Gasteiger partial charge is 0.494 e. The lowest BCUT2D eigenvalue weighted by Gasteiger charge is -2.24. The van der Waals surface area contributed by atoms with Gasteiger partial charge in [-0.25, -0.2) is 0 Å².